The van der Waals surface area contributed by atoms with Crippen molar-refractivity contribution in [2.75, 3.05) is 11.9 Å². The maximum absolute atomic E-state index is 12.3. The number of aromatic nitrogens is 4. The van der Waals surface area contributed by atoms with Crippen molar-refractivity contribution in [1.29, 1.82) is 0 Å². The van der Waals surface area contributed by atoms with Crippen LogP contribution in [0.2, 0.25) is 0 Å². The molecule has 0 saturated heterocycles. The van der Waals surface area contributed by atoms with Gasteiger partial charge in [-0.1, -0.05) is 0 Å². The molecule has 0 fully saturated rings. The highest BCUT2D eigenvalue weighted by Gasteiger charge is 2.28. The molecule has 0 radical (unpaired) electrons. The van der Waals surface area contributed by atoms with Gasteiger partial charge in [0.05, 0.1) is 6.20 Å². The second kappa shape index (κ2) is 7.09. The Morgan fingerprint density at radius 1 is 1.26 bits per heavy atom. The fourth-order valence-corrected chi connectivity index (χ4v) is 2.33. The van der Waals surface area contributed by atoms with E-state index in [9.17, 15) is 22.8 Å². The number of nitrogens with one attached hydrogen (secondary N) is 1. The Hall–Kier alpha value is -3.37. The summed E-state index contributed by atoms with van der Waals surface area (Å²) in [6.07, 6.45) is -1.80. The molecule has 0 aliphatic heterocycles. The fraction of sp³-hybridized carbons (Fsp3) is 0.250. The van der Waals surface area contributed by atoms with Crippen molar-refractivity contribution in [2.24, 2.45) is 7.05 Å². The molecule has 0 aliphatic rings. The Labute approximate surface area is 150 Å². The van der Waals surface area contributed by atoms with Crippen LogP contribution in [-0.2, 0) is 18.4 Å². The molecule has 0 spiro atoms. The molecule has 2 aromatic heterocycles. The maximum atomic E-state index is 12.3. The molecule has 3 rings (SSSR count). The lowest BCUT2D eigenvalue weighted by molar-refractivity contribution is -0.153. The van der Waals surface area contributed by atoms with Crippen molar-refractivity contribution in [3.63, 3.8) is 0 Å². The number of benzene rings is 1. The van der Waals surface area contributed by atoms with Gasteiger partial charge in [0, 0.05) is 12.7 Å². The highest BCUT2D eigenvalue weighted by Crippen LogP contribution is 2.20. The van der Waals surface area contributed by atoms with Gasteiger partial charge in [0.1, 0.15) is 24.0 Å². The number of hydrogen-bond donors (Lipinski definition) is 1. The van der Waals surface area contributed by atoms with Gasteiger partial charge in [-0.2, -0.15) is 18.3 Å². The Balaban J connectivity index is 1.64. The Kier molecular flexibility index (Phi) is 4.84. The monoisotopic (exact) mass is 381 g/mol. The zero-order chi connectivity index (χ0) is 19.6. The van der Waals surface area contributed by atoms with Crippen LogP contribution in [-0.4, -0.2) is 38.0 Å². The number of anilines is 1. The first-order valence-corrected chi connectivity index (χ1v) is 7.69. The van der Waals surface area contributed by atoms with E-state index in [1.54, 1.807) is 7.05 Å². The molecule has 0 aliphatic carbocycles. The zero-order valence-corrected chi connectivity index (χ0v) is 14.0. The first-order valence-electron chi connectivity index (χ1n) is 7.69. The number of halogens is 3. The van der Waals surface area contributed by atoms with E-state index in [0.29, 0.717) is 16.7 Å². The molecular formula is C16H14F3N5O3. The van der Waals surface area contributed by atoms with E-state index in [4.69, 9.17) is 0 Å². The summed E-state index contributed by atoms with van der Waals surface area (Å²) in [5.74, 6) is -0.473. The highest BCUT2D eigenvalue weighted by molar-refractivity contribution is 5.90. The van der Waals surface area contributed by atoms with Crippen molar-refractivity contribution in [2.45, 2.75) is 12.7 Å². The molecule has 0 saturated carbocycles. The minimum atomic E-state index is -4.43. The van der Waals surface area contributed by atoms with Gasteiger partial charge < -0.3 is 10.1 Å². The Morgan fingerprint density at radius 3 is 2.63 bits per heavy atom. The fourth-order valence-electron chi connectivity index (χ4n) is 2.33. The Bertz CT molecular complexity index is 1020. The van der Waals surface area contributed by atoms with Crippen LogP contribution in [0.15, 0.2) is 41.6 Å². The van der Waals surface area contributed by atoms with Crippen LogP contribution >= 0.6 is 0 Å². The van der Waals surface area contributed by atoms with Gasteiger partial charge in [-0.25, -0.2) is 4.98 Å². The molecule has 142 valence electrons. The molecule has 2 heterocycles. The van der Waals surface area contributed by atoms with E-state index in [-0.39, 0.29) is 12.3 Å². The second-order valence-electron chi connectivity index (χ2n) is 5.66. The summed E-state index contributed by atoms with van der Waals surface area (Å²) in [6, 6.07) is 5.40. The van der Waals surface area contributed by atoms with Crippen molar-refractivity contribution < 1.29 is 22.7 Å². The lowest BCUT2D eigenvalue weighted by Crippen LogP contribution is -2.27. The number of amides is 1. The van der Waals surface area contributed by atoms with E-state index in [1.807, 2.05) is 0 Å². The normalized spacial score (nSPS) is 11.6. The van der Waals surface area contributed by atoms with Crippen LogP contribution in [0.4, 0.5) is 18.9 Å². The third kappa shape index (κ3) is 4.43. The average Bonchev–Trinajstić information content (AvgIpc) is 2.98. The van der Waals surface area contributed by atoms with Crippen LogP contribution in [0.5, 0.6) is 5.75 Å². The number of carbonyl (C=O) groups is 1. The van der Waals surface area contributed by atoms with Crippen molar-refractivity contribution in [3.05, 3.63) is 47.1 Å². The molecule has 1 N–H and O–H groups in total. The second-order valence-corrected chi connectivity index (χ2v) is 5.66. The predicted octanol–water partition coefficient (Wildman–Crippen LogP) is 1.71. The number of aryl methyl sites for hydroxylation is 1. The summed E-state index contributed by atoms with van der Waals surface area (Å²) in [4.78, 5) is 28.5. The van der Waals surface area contributed by atoms with Gasteiger partial charge in [0.2, 0.25) is 5.91 Å². The largest absolute Gasteiger partial charge is 0.484 e. The molecule has 1 aromatic carbocycles. The Morgan fingerprint density at radius 2 is 1.96 bits per heavy atom. The maximum Gasteiger partial charge on any atom is 0.422 e. The molecule has 0 bridgehead atoms. The molecule has 0 atom stereocenters. The standard InChI is InChI=1S/C16H14F3N5O3/c1-23-14-12(6-21-23)15(26)24(9-20-14)7-13(25)22-10-2-4-11(5-3-10)27-8-16(17,18)19/h2-6,9H,7-8H2,1H3,(H,22,25). The van der Waals surface area contributed by atoms with Crippen molar-refractivity contribution in [3.8, 4) is 5.75 Å². The summed E-state index contributed by atoms with van der Waals surface area (Å²) in [6.45, 7) is -1.67. The summed E-state index contributed by atoms with van der Waals surface area (Å²) < 4.78 is 43.5. The van der Waals surface area contributed by atoms with Gasteiger partial charge in [-0.3, -0.25) is 18.8 Å². The number of rotatable bonds is 5. The van der Waals surface area contributed by atoms with Crippen LogP contribution < -0.4 is 15.6 Å². The number of carbonyl (C=O) groups excluding carboxylic acids is 1. The smallest absolute Gasteiger partial charge is 0.422 e. The lowest BCUT2D eigenvalue weighted by Gasteiger charge is -2.10. The van der Waals surface area contributed by atoms with E-state index in [2.05, 4.69) is 20.1 Å². The third-order valence-electron chi connectivity index (χ3n) is 3.57. The van der Waals surface area contributed by atoms with Crippen LogP contribution in [0.3, 0.4) is 0 Å². The van der Waals surface area contributed by atoms with Gasteiger partial charge in [0.25, 0.3) is 5.56 Å². The first kappa shape index (κ1) is 18.4. The average molecular weight is 381 g/mol. The number of alkyl halides is 3. The highest BCUT2D eigenvalue weighted by atomic mass is 19.4. The molecule has 27 heavy (non-hydrogen) atoms. The van der Waals surface area contributed by atoms with Crippen LogP contribution in [0, 0.1) is 0 Å². The number of nitrogens with zero attached hydrogens (tertiary/aromatic N) is 4. The van der Waals surface area contributed by atoms with Crippen molar-refractivity contribution >= 4 is 22.6 Å². The summed E-state index contributed by atoms with van der Waals surface area (Å²) in [5, 5.41) is 6.78. The molecule has 3 aromatic rings. The van der Waals surface area contributed by atoms with Crippen molar-refractivity contribution in [1.82, 2.24) is 19.3 Å². The minimum Gasteiger partial charge on any atom is -0.484 e. The van der Waals surface area contributed by atoms with Gasteiger partial charge in [0.15, 0.2) is 12.3 Å². The summed E-state index contributed by atoms with van der Waals surface area (Å²) in [5.41, 5.74) is 0.355. The summed E-state index contributed by atoms with van der Waals surface area (Å²) >= 11 is 0. The first-order chi connectivity index (χ1) is 12.7. The van der Waals surface area contributed by atoms with E-state index in [0.717, 1.165) is 4.57 Å². The van der Waals surface area contributed by atoms with E-state index in [1.165, 1.54) is 41.5 Å². The van der Waals surface area contributed by atoms with Crippen LogP contribution in [0.1, 0.15) is 0 Å². The van der Waals surface area contributed by atoms with Gasteiger partial charge in [-0.05, 0) is 24.3 Å². The number of hydrogen-bond acceptors (Lipinski definition) is 5. The molecular weight excluding hydrogens is 367 g/mol. The topological polar surface area (TPSA) is 91.0 Å². The molecule has 0 unspecified atom stereocenters. The number of fused-ring (bicyclic) bond motifs is 1. The molecule has 1 amide bonds. The van der Waals surface area contributed by atoms with Gasteiger partial charge >= 0.3 is 6.18 Å². The quantitative estimate of drug-likeness (QED) is 0.727. The summed E-state index contributed by atoms with van der Waals surface area (Å²) in [7, 11) is 1.65. The lowest BCUT2D eigenvalue weighted by atomic mass is 10.3. The molecule has 11 heteroatoms. The minimum absolute atomic E-state index is 0.0211. The van der Waals surface area contributed by atoms with Crippen LogP contribution in [0.25, 0.3) is 11.0 Å². The SMILES string of the molecule is Cn1ncc2c(=O)n(CC(=O)Nc3ccc(OCC(F)(F)F)cc3)cnc21. The van der Waals surface area contributed by atoms with E-state index < -0.39 is 24.2 Å². The zero-order valence-electron chi connectivity index (χ0n) is 14.0. The van der Waals surface area contributed by atoms with Gasteiger partial charge in [-0.15, -0.1) is 0 Å². The van der Waals surface area contributed by atoms with E-state index >= 15 is 0 Å². The molecule has 8 nitrogen and oxygen atoms in total. The predicted molar refractivity (Wildman–Crippen MR) is 89.4 cm³/mol. The third-order valence-corrected chi connectivity index (χ3v) is 3.57. The number of ether oxygens (including phenoxy) is 1.